The van der Waals surface area contributed by atoms with Crippen LogP contribution in [0.1, 0.15) is 32.4 Å². The van der Waals surface area contributed by atoms with Crippen molar-refractivity contribution in [2.45, 2.75) is 49.9 Å². The Bertz CT molecular complexity index is 1620. The third kappa shape index (κ3) is 6.45. The van der Waals surface area contributed by atoms with Gasteiger partial charge in [-0.1, -0.05) is 6.07 Å². The van der Waals surface area contributed by atoms with Crippen molar-refractivity contribution in [1.82, 2.24) is 14.5 Å². The Balaban J connectivity index is 1.42. The molecule has 4 aromatic rings. The Morgan fingerprint density at radius 1 is 1.15 bits per heavy atom. The minimum Gasteiger partial charge on any atom is -0.447 e. The second-order valence-electron chi connectivity index (χ2n) is 9.43. The molecule has 13 heteroatoms. The number of aromatic nitrogens is 3. The van der Waals surface area contributed by atoms with Gasteiger partial charge < -0.3 is 10.1 Å². The number of halogens is 1. The standard InChI is InChI=1S/C26H27IN5O4PS2/c1-15(2)36-26(33)30-18-6-4-17(5-7-18)25-28-14-22(38-25)21-11-8-19(13-23(21)39(34,35)20-9-10-20)29-24-12-16(3)32(31-24)37-27/h4-8,11-15,20,37H,9-10H2,1-3H3,(H,29,31)(H,30,33). The Morgan fingerprint density at radius 3 is 2.51 bits per heavy atom. The van der Waals surface area contributed by atoms with Gasteiger partial charge in [0.25, 0.3) is 0 Å². The maximum absolute atomic E-state index is 13.5. The van der Waals surface area contributed by atoms with Crippen LogP contribution in [-0.4, -0.2) is 40.4 Å². The minimum atomic E-state index is -3.49. The van der Waals surface area contributed by atoms with Crippen molar-refractivity contribution in [2.75, 3.05) is 10.6 Å². The normalized spacial score (nSPS) is 13.8. The summed E-state index contributed by atoms with van der Waals surface area (Å²) in [5.74, 6) is 0.676. The van der Waals surface area contributed by atoms with Gasteiger partial charge in [-0.15, -0.1) is 11.3 Å². The van der Waals surface area contributed by atoms with Crippen LogP contribution < -0.4 is 10.6 Å². The van der Waals surface area contributed by atoms with E-state index >= 15 is 0 Å². The molecule has 0 bridgehead atoms. The van der Waals surface area contributed by atoms with E-state index in [0.29, 0.717) is 46.9 Å². The third-order valence-corrected chi connectivity index (χ3v) is 11.3. The van der Waals surface area contributed by atoms with Crippen LogP contribution in [0.2, 0.25) is 0 Å². The fourth-order valence-corrected chi connectivity index (χ4v) is 8.68. The SMILES string of the molecule is Cc1cc(Nc2ccc(-c3cnc(-c4ccc(NC(=O)OC(C)C)cc4)s3)c(S(=O)(=O)C3CC3)c2)nn1PI. The van der Waals surface area contributed by atoms with Crippen molar-refractivity contribution in [1.29, 1.82) is 0 Å². The molecule has 1 saturated carbocycles. The number of hydrogen-bond acceptors (Lipinski definition) is 8. The van der Waals surface area contributed by atoms with Crippen molar-refractivity contribution in [3.63, 3.8) is 0 Å². The maximum atomic E-state index is 13.5. The monoisotopic (exact) mass is 695 g/mol. The van der Waals surface area contributed by atoms with E-state index in [1.807, 2.05) is 41.7 Å². The molecule has 9 nitrogen and oxygen atoms in total. The van der Waals surface area contributed by atoms with Crippen molar-refractivity contribution < 1.29 is 17.9 Å². The molecule has 0 aliphatic heterocycles. The third-order valence-electron chi connectivity index (χ3n) is 5.98. The summed E-state index contributed by atoms with van der Waals surface area (Å²) in [5, 5.41) is 10.9. The molecule has 0 saturated heterocycles. The van der Waals surface area contributed by atoms with Crippen molar-refractivity contribution >= 4 is 72.9 Å². The number of amides is 1. The van der Waals surface area contributed by atoms with Crippen LogP contribution in [0.4, 0.5) is 22.0 Å². The molecule has 2 aromatic carbocycles. The van der Waals surface area contributed by atoms with Crippen LogP contribution in [0.5, 0.6) is 0 Å². The first-order valence-electron chi connectivity index (χ1n) is 12.3. The highest BCUT2D eigenvalue weighted by Gasteiger charge is 2.38. The number of carbonyl (C=O) groups excluding carboxylic acids is 1. The molecule has 2 N–H and O–H groups in total. The molecule has 1 atom stereocenters. The van der Waals surface area contributed by atoms with Gasteiger partial charge in [-0.3, -0.25) is 5.32 Å². The number of carbonyl (C=O) groups is 1. The molecule has 1 fully saturated rings. The summed E-state index contributed by atoms with van der Waals surface area (Å²) >= 11 is 3.70. The lowest BCUT2D eigenvalue weighted by molar-refractivity contribution is 0.130. The van der Waals surface area contributed by atoms with Gasteiger partial charge in [0.2, 0.25) is 0 Å². The molecule has 2 heterocycles. The Hall–Kier alpha value is -2.54. The van der Waals surface area contributed by atoms with Gasteiger partial charge in [0, 0.05) is 40.5 Å². The van der Waals surface area contributed by atoms with Gasteiger partial charge in [0.1, 0.15) is 5.01 Å². The number of rotatable bonds is 9. The van der Waals surface area contributed by atoms with E-state index in [-0.39, 0.29) is 11.4 Å². The quantitative estimate of drug-likeness (QED) is 0.138. The smallest absolute Gasteiger partial charge is 0.411 e. The lowest BCUT2D eigenvalue weighted by Gasteiger charge is -2.12. The Kier molecular flexibility index (Phi) is 8.27. The first-order valence-corrected chi connectivity index (χ1v) is 18.7. The summed E-state index contributed by atoms with van der Waals surface area (Å²) < 4.78 is 33.9. The average Bonchev–Trinajstić information content (AvgIpc) is 3.55. The zero-order chi connectivity index (χ0) is 27.7. The van der Waals surface area contributed by atoms with Gasteiger partial charge in [-0.25, -0.2) is 22.6 Å². The van der Waals surface area contributed by atoms with Crippen LogP contribution >= 0.6 is 39.8 Å². The maximum Gasteiger partial charge on any atom is 0.411 e. The van der Waals surface area contributed by atoms with Crippen LogP contribution in [0.3, 0.4) is 0 Å². The number of anilines is 3. The van der Waals surface area contributed by atoms with Crippen LogP contribution in [0, 0.1) is 6.92 Å². The fourth-order valence-electron chi connectivity index (χ4n) is 3.96. The predicted octanol–water partition coefficient (Wildman–Crippen LogP) is 7.41. The van der Waals surface area contributed by atoms with Gasteiger partial charge in [0.05, 0.1) is 27.5 Å². The highest BCUT2D eigenvalue weighted by molar-refractivity contribution is 14.2. The van der Waals surface area contributed by atoms with Crippen LogP contribution in [0.15, 0.2) is 59.6 Å². The zero-order valence-corrected chi connectivity index (χ0v) is 26.2. The van der Waals surface area contributed by atoms with Crippen LogP contribution in [-0.2, 0) is 14.6 Å². The summed E-state index contributed by atoms with van der Waals surface area (Å²) in [7, 11) is -3.49. The molecule has 1 aliphatic carbocycles. The van der Waals surface area contributed by atoms with Gasteiger partial charge in [0.15, 0.2) is 15.7 Å². The van der Waals surface area contributed by atoms with E-state index in [2.05, 4.69) is 42.8 Å². The number of benzene rings is 2. The van der Waals surface area contributed by atoms with E-state index in [4.69, 9.17) is 4.74 Å². The molecule has 204 valence electrons. The van der Waals surface area contributed by atoms with E-state index in [1.165, 1.54) is 11.3 Å². The lowest BCUT2D eigenvalue weighted by atomic mass is 10.2. The second kappa shape index (κ2) is 11.5. The molecule has 0 spiro atoms. The first-order chi connectivity index (χ1) is 18.6. The molecule has 1 aliphatic rings. The van der Waals surface area contributed by atoms with Crippen molar-refractivity contribution in [3.8, 4) is 21.0 Å². The molecule has 1 amide bonds. The van der Waals surface area contributed by atoms with Crippen molar-refractivity contribution in [3.05, 3.63) is 60.4 Å². The molecule has 5 rings (SSSR count). The number of thiazole rings is 1. The number of aryl methyl sites for hydroxylation is 1. The molecule has 2 aromatic heterocycles. The van der Waals surface area contributed by atoms with Crippen molar-refractivity contribution in [2.24, 2.45) is 0 Å². The zero-order valence-electron chi connectivity index (χ0n) is 21.4. The second-order valence-corrected chi connectivity index (χ2v) is 14.7. The Labute approximate surface area is 246 Å². The number of hydrogen-bond donors (Lipinski definition) is 2. The first kappa shape index (κ1) is 28.0. The lowest BCUT2D eigenvalue weighted by Crippen LogP contribution is -2.17. The largest absolute Gasteiger partial charge is 0.447 e. The van der Waals surface area contributed by atoms with E-state index in [0.717, 1.165) is 21.1 Å². The van der Waals surface area contributed by atoms with E-state index in [9.17, 15) is 13.2 Å². The number of nitrogens with zero attached hydrogens (tertiary/aromatic N) is 3. The summed E-state index contributed by atoms with van der Waals surface area (Å²) in [4.78, 5) is 17.5. The van der Waals surface area contributed by atoms with Gasteiger partial charge in [-0.05, 0) is 92.1 Å². The average molecular weight is 696 g/mol. The predicted molar refractivity (Wildman–Crippen MR) is 166 cm³/mol. The molecule has 0 radical (unpaired) electrons. The number of nitrogens with one attached hydrogen (secondary N) is 2. The summed E-state index contributed by atoms with van der Waals surface area (Å²) in [6, 6.07) is 14.6. The Morgan fingerprint density at radius 2 is 1.87 bits per heavy atom. The molecular weight excluding hydrogens is 668 g/mol. The minimum absolute atomic E-state index is 0.208. The number of sulfone groups is 1. The number of ether oxygens (including phenoxy) is 1. The summed E-state index contributed by atoms with van der Waals surface area (Å²) in [5.41, 5.74) is 3.82. The highest BCUT2D eigenvalue weighted by Crippen LogP contribution is 2.42. The summed E-state index contributed by atoms with van der Waals surface area (Å²) in [6.45, 7) is 5.56. The van der Waals surface area contributed by atoms with Gasteiger partial charge >= 0.3 is 6.09 Å². The highest BCUT2D eigenvalue weighted by atomic mass is 127. The van der Waals surface area contributed by atoms with Gasteiger partial charge in [-0.2, -0.15) is 5.10 Å². The van der Waals surface area contributed by atoms with E-state index in [1.54, 1.807) is 38.2 Å². The molecule has 39 heavy (non-hydrogen) atoms. The van der Waals surface area contributed by atoms with E-state index < -0.39 is 15.9 Å². The summed E-state index contributed by atoms with van der Waals surface area (Å²) in [6.07, 6.45) is 2.84. The fraction of sp³-hybridized carbons (Fsp3) is 0.269. The molecule has 1 unspecified atom stereocenters. The molecular formula is C26H27IN5O4PS2. The van der Waals surface area contributed by atoms with Crippen LogP contribution in [0.25, 0.3) is 21.0 Å². The topological polar surface area (TPSA) is 115 Å².